The molecule has 0 aliphatic carbocycles. The Morgan fingerprint density at radius 3 is 2.75 bits per heavy atom. The lowest BCUT2D eigenvalue weighted by atomic mass is 9.99. The van der Waals surface area contributed by atoms with Crippen LogP contribution in [0.2, 0.25) is 0 Å². The van der Waals surface area contributed by atoms with Crippen LogP contribution in [0.25, 0.3) is 22.2 Å². The Bertz CT molecular complexity index is 1130. The minimum Gasteiger partial charge on any atom is -0.506 e. The highest BCUT2D eigenvalue weighted by Crippen LogP contribution is 2.33. The van der Waals surface area contributed by atoms with Gasteiger partial charge in [0, 0.05) is 41.2 Å². The number of fused-ring (bicyclic) bond motifs is 3. The number of nitrogens with zero attached hydrogens (tertiary/aromatic N) is 1. The maximum Gasteiger partial charge on any atom is 0.345 e. The number of aromatic hydroxyl groups is 1. The zero-order chi connectivity index (χ0) is 19.3. The van der Waals surface area contributed by atoms with E-state index in [1.165, 1.54) is 5.69 Å². The number of carboxylic acids is 1. The molecule has 0 radical (unpaired) electrons. The zero-order valence-corrected chi connectivity index (χ0v) is 16.4. The molecule has 1 aromatic carbocycles. The number of aromatic carboxylic acids is 1. The minimum atomic E-state index is -1.44. The Labute approximate surface area is 167 Å². The molecule has 3 heterocycles. The smallest absolute Gasteiger partial charge is 0.345 e. The topological polar surface area (TPSA) is 107 Å². The first-order valence-electron chi connectivity index (χ1n) is 8.95. The number of H-pyrrole nitrogens is 1. The quantitative estimate of drug-likeness (QED) is 0.535. The largest absolute Gasteiger partial charge is 0.506 e. The van der Waals surface area contributed by atoms with Gasteiger partial charge in [0.1, 0.15) is 5.75 Å². The van der Waals surface area contributed by atoms with Crippen molar-refractivity contribution >= 4 is 29.3 Å². The molecule has 0 saturated heterocycles. The molecule has 0 fully saturated rings. The van der Waals surface area contributed by atoms with Crippen LogP contribution < -0.4 is 10.9 Å². The molecule has 4 N–H and O–H groups in total. The fourth-order valence-electron chi connectivity index (χ4n) is 4.02. The molecule has 0 saturated carbocycles. The van der Waals surface area contributed by atoms with Gasteiger partial charge in [-0.15, -0.1) is 12.4 Å². The molecule has 7 nitrogen and oxygen atoms in total. The average molecular weight is 404 g/mol. The number of aromatic nitrogens is 2. The van der Waals surface area contributed by atoms with E-state index in [1.807, 2.05) is 32.2 Å². The summed E-state index contributed by atoms with van der Waals surface area (Å²) >= 11 is 0. The van der Waals surface area contributed by atoms with E-state index >= 15 is 0 Å². The summed E-state index contributed by atoms with van der Waals surface area (Å²) in [6.07, 6.45) is 1.36. The van der Waals surface area contributed by atoms with Gasteiger partial charge in [-0.25, -0.2) is 4.79 Å². The lowest BCUT2D eigenvalue weighted by molar-refractivity contribution is 0.0691. The normalized spacial score (nSPS) is 15.4. The molecule has 1 aliphatic heterocycles. The van der Waals surface area contributed by atoms with E-state index in [-0.39, 0.29) is 12.4 Å². The molecule has 3 aromatic rings. The summed E-state index contributed by atoms with van der Waals surface area (Å²) in [6, 6.07) is 8.45. The van der Waals surface area contributed by atoms with E-state index in [1.54, 1.807) is 0 Å². The second-order valence-corrected chi connectivity index (χ2v) is 6.90. The molecule has 0 amide bonds. The highest BCUT2D eigenvalue weighted by atomic mass is 35.5. The Morgan fingerprint density at radius 2 is 2.11 bits per heavy atom. The van der Waals surface area contributed by atoms with E-state index in [4.69, 9.17) is 0 Å². The number of carbonyl (C=O) groups is 1. The maximum atomic E-state index is 12.2. The Kier molecular flexibility index (Phi) is 5.23. The van der Waals surface area contributed by atoms with E-state index in [0.717, 1.165) is 29.4 Å². The van der Waals surface area contributed by atoms with Crippen LogP contribution in [-0.4, -0.2) is 38.8 Å². The van der Waals surface area contributed by atoms with E-state index in [9.17, 15) is 19.8 Å². The first kappa shape index (κ1) is 20.0. The summed E-state index contributed by atoms with van der Waals surface area (Å²) in [7, 11) is 1.97. The first-order valence-corrected chi connectivity index (χ1v) is 8.95. The second-order valence-electron chi connectivity index (χ2n) is 6.90. The fourth-order valence-corrected chi connectivity index (χ4v) is 4.02. The van der Waals surface area contributed by atoms with Gasteiger partial charge in [-0.05, 0) is 37.2 Å². The summed E-state index contributed by atoms with van der Waals surface area (Å²) in [5.74, 6) is -1.89. The molecular weight excluding hydrogens is 382 g/mol. The molecule has 28 heavy (non-hydrogen) atoms. The van der Waals surface area contributed by atoms with Crippen molar-refractivity contribution in [3.63, 3.8) is 0 Å². The Morgan fingerprint density at radius 1 is 1.36 bits per heavy atom. The molecular formula is C20H22ClN3O4. The standard InChI is InChI=1S/C20H21N3O4.ClH/c1-3-14-17(22-19(25)16(18(14)24)20(26)27)10-4-5-15-11(6-10)7-13-8-12(21-2)9-23(13)15;/h4-7,12,21H,3,8-9H2,1-2H3,(H,26,27)(H2,22,24,25);1H. The van der Waals surface area contributed by atoms with Crippen molar-refractivity contribution in [2.24, 2.45) is 0 Å². The van der Waals surface area contributed by atoms with Crippen LogP contribution in [0.15, 0.2) is 29.1 Å². The number of rotatable bonds is 4. The van der Waals surface area contributed by atoms with Crippen molar-refractivity contribution in [3.8, 4) is 17.0 Å². The van der Waals surface area contributed by atoms with Gasteiger partial charge in [0.2, 0.25) is 0 Å². The number of benzene rings is 1. The van der Waals surface area contributed by atoms with Gasteiger partial charge in [0.05, 0.1) is 5.69 Å². The Hall–Kier alpha value is -2.77. The number of hydrogen-bond acceptors (Lipinski definition) is 4. The van der Waals surface area contributed by atoms with Gasteiger partial charge < -0.3 is 25.1 Å². The van der Waals surface area contributed by atoms with Crippen molar-refractivity contribution in [2.75, 3.05) is 7.05 Å². The van der Waals surface area contributed by atoms with Crippen LogP contribution in [-0.2, 0) is 19.4 Å². The summed E-state index contributed by atoms with van der Waals surface area (Å²) in [4.78, 5) is 26.1. The van der Waals surface area contributed by atoms with Crippen LogP contribution in [0, 0.1) is 0 Å². The summed E-state index contributed by atoms with van der Waals surface area (Å²) in [5.41, 5.74) is 2.60. The van der Waals surface area contributed by atoms with E-state index < -0.39 is 22.8 Å². The molecule has 4 rings (SSSR count). The fraction of sp³-hybridized carbons (Fsp3) is 0.300. The van der Waals surface area contributed by atoms with Gasteiger partial charge in [-0.1, -0.05) is 13.0 Å². The predicted octanol–water partition coefficient (Wildman–Crippen LogP) is 2.53. The monoisotopic (exact) mass is 403 g/mol. The van der Waals surface area contributed by atoms with Crippen molar-refractivity contribution in [1.82, 2.24) is 14.9 Å². The second kappa shape index (κ2) is 7.33. The van der Waals surface area contributed by atoms with Crippen molar-refractivity contribution in [2.45, 2.75) is 32.4 Å². The van der Waals surface area contributed by atoms with E-state index in [0.29, 0.717) is 23.7 Å². The highest BCUT2D eigenvalue weighted by molar-refractivity contribution is 5.92. The van der Waals surface area contributed by atoms with Gasteiger partial charge in [-0.3, -0.25) is 4.79 Å². The van der Waals surface area contributed by atoms with Crippen LogP contribution in [0.1, 0.15) is 28.5 Å². The molecule has 1 atom stereocenters. The molecule has 148 valence electrons. The summed E-state index contributed by atoms with van der Waals surface area (Å²) in [6.45, 7) is 2.73. The number of hydrogen-bond donors (Lipinski definition) is 4. The van der Waals surface area contributed by atoms with E-state index in [2.05, 4.69) is 20.9 Å². The molecule has 0 spiro atoms. The average Bonchev–Trinajstić information content (AvgIpc) is 3.17. The zero-order valence-electron chi connectivity index (χ0n) is 15.6. The molecule has 0 bridgehead atoms. The van der Waals surface area contributed by atoms with Crippen molar-refractivity contribution < 1.29 is 15.0 Å². The maximum absolute atomic E-state index is 12.2. The summed E-state index contributed by atoms with van der Waals surface area (Å²) < 4.78 is 2.29. The molecule has 2 aromatic heterocycles. The number of aromatic amines is 1. The molecule has 1 aliphatic rings. The van der Waals surface area contributed by atoms with Crippen LogP contribution in [0.3, 0.4) is 0 Å². The van der Waals surface area contributed by atoms with Gasteiger partial charge in [0.25, 0.3) is 5.56 Å². The van der Waals surface area contributed by atoms with Gasteiger partial charge >= 0.3 is 5.97 Å². The van der Waals surface area contributed by atoms with Crippen molar-refractivity contribution in [1.29, 1.82) is 0 Å². The predicted molar refractivity (Wildman–Crippen MR) is 110 cm³/mol. The SMILES string of the molecule is CCc1c(-c2ccc3c(c2)cc2n3CC(NC)C2)[nH]c(=O)c(C(=O)O)c1O.Cl. The lowest BCUT2D eigenvalue weighted by Gasteiger charge is -2.13. The molecule has 8 heteroatoms. The van der Waals surface area contributed by atoms with Crippen LogP contribution in [0.5, 0.6) is 5.75 Å². The number of pyridine rings is 1. The lowest BCUT2D eigenvalue weighted by Crippen LogP contribution is -2.26. The third-order valence-electron chi connectivity index (χ3n) is 5.40. The van der Waals surface area contributed by atoms with Gasteiger partial charge in [0.15, 0.2) is 5.56 Å². The number of likely N-dealkylation sites (N-methyl/N-ethyl adjacent to an activating group) is 1. The number of nitrogens with one attached hydrogen (secondary N) is 2. The first-order chi connectivity index (χ1) is 12.9. The minimum absolute atomic E-state index is 0. The van der Waals surface area contributed by atoms with Crippen molar-refractivity contribution in [3.05, 3.63) is 51.4 Å². The van der Waals surface area contributed by atoms with Crippen LogP contribution >= 0.6 is 12.4 Å². The third-order valence-corrected chi connectivity index (χ3v) is 5.40. The highest BCUT2D eigenvalue weighted by Gasteiger charge is 2.24. The third kappa shape index (κ3) is 2.96. The summed E-state index contributed by atoms with van der Waals surface area (Å²) in [5, 5.41) is 23.9. The Balaban J connectivity index is 0.00000225. The van der Waals surface area contributed by atoms with Crippen LogP contribution in [0.4, 0.5) is 0 Å². The number of carboxylic acid groups (broad SMARTS) is 1. The van der Waals surface area contributed by atoms with Gasteiger partial charge in [-0.2, -0.15) is 0 Å². The molecule has 1 unspecified atom stereocenters. The number of halogens is 1.